The van der Waals surface area contributed by atoms with E-state index in [0.29, 0.717) is 18.9 Å². The van der Waals surface area contributed by atoms with Gasteiger partial charge in [-0.25, -0.2) is 0 Å². The van der Waals surface area contributed by atoms with E-state index >= 15 is 0 Å². The Kier molecular flexibility index (Phi) is 6.37. The minimum atomic E-state index is 0.279. The molecule has 1 fully saturated rings. The van der Waals surface area contributed by atoms with Crippen molar-refractivity contribution in [1.82, 2.24) is 5.32 Å². The molecule has 0 aliphatic heterocycles. The van der Waals surface area contributed by atoms with Crippen molar-refractivity contribution in [3.8, 4) is 11.5 Å². The highest BCUT2D eigenvalue weighted by Crippen LogP contribution is 2.31. The summed E-state index contributed by atoms with van der Waals surface area (Å²) in [6, 6.07) is 5.71. The van der Waals surface area contributed by atoms with Gasteiger partial charge in [-0.05, 0) is 44.2 Å². The molecule has 0 unspecified atom stereocenters. The molecule has 0 saturated heterocycles. The second kappa shape index (κ2) is 8.28. The van der Waals surface area contributed by atoms with Crippen molar-refractivity contribution in [3.05, 3.63) is 23.8 Å². The van der Waals surface area contributed by atoms with E-state index in [1.54, 1.807) is 0 Å². The fourth-order valence-electron chi connectivity index (χ4n) is 3.24. The van der Waals surface area contributed by atoms with Gasteiger partial charge in [0.2, 0.25) is 0 Å². The molecule has 3 heteroatoms. The molecule has 2 N–H and O–H groups in total. The third kappa shape index (κ3) is 4.63. The van der Waals surface area contributed by atoms with Crippen molar-refractivity contribution < 1.29 is 9.84 Å². The van der Waals surface area contributed by atoms with E-state index in [-0.39, 0.29) is 5.75 Å². The SMILES string of the molecule is CCOc1cccc(CNCC2CCC(CC)CC2)c1O. The fourth-order valence-corrected chi connectivity index (χ4v) is 3.24. The van der Waals surface area contributed by atoms with Crippen LogP contribution in [0, 0.1) is 11.8 Å². The zero-order valence-electron chi connectivity index (χ0n) is 13.4. The molecule has 3 nitrogen and oxygen atoms in total. The molecule has 1 aromatic carbocycles. The Labute approximate surface area is 128 Å². The molecule has 21 heavy (non-hydrogen) atoms. The monoisotopic (exact) mass is 291 g/mol. The maximum Gasteiger partial charge on any atom is 0.162 e. The average molecular weight is 291 g/mol. The van der Waals surface area contributed by atoms with Crippen LogP contribution in [0.5, 0.6) is 11.5 Å². The lowest BCUT2D eigenvalue weighted by molar-refractivity contribution is 0.262. The van der Waals surface area contributed by atoms with Gasteiger partial charge in [0.05, 0.1) is 6.61 Å². The summed E-state index contributed by atoms with van der Waals surface area (Å²) in [5, 5.41) is 13.7. The first kappa shape index (κ1) is 16.2. The topological polar surface area (TPSA) is 41.5 Å². The molecule has 118 valence electrons. The molecule has 0 radical (unpaired) electrons. The number of aromatic hydroxyl groups is 1. The summed E-state index contributed by atoms with van der Waals surface area (Å²) in [7, 11) is 0. The van der Waals surface area contributed by atoms with Gasteiger partial charge < -0.3 is 15.2 Å². The Morgan fingerprint density at radius 1 is 1.14 bits per heavy atom. The number of hydrogen-bond acceptors (Lipinski definition) is 3. The molecule has 0 amide bonds. The lowest BCUT2D eigenvalue weighted by Crippen LogP contribution is -2.26. The van der Waals surface area contributed by atoms with Crippen LogP contribution < -0.4 is 10.1 Å². The summed E-state index contributed by atoms with van der Waals surface area (Å²) in [6.07, 6.45) is 6.78. The second-order valence-corrected chi connectivity index (χ2v) is 6.12. The summed E-state index contributed by atoms with van der Waals surface area (Å²) >= 11 is 0. The molecule has 1 aliphatic rings. The minimum Gasteiger partial charge on any atom is -0.504 e. The van der Waals surface area contributed by atoms with Crippen molar-refractivity contribution in [2.45, 2.75) is 52.5 Å². The van der Waals surface area contributed by atoms with Gasteiger partial charge in [0, 0.05) is 12.1 Å². The van der Waals surface area contributed by atoms with Gasteiger partial charge >= 0.3 is 0 Å². The van der Waals surface area contributed by atoms with Gasteiger partial charge in [0.15, 0.2) is 11.5 Å². The van der Waals surface area contributed by atoms with E-state index in [2.05, 4.69) is 12.2 Å². The highest BCUT2D eigenvalue weighted by Gasteiger charge is 2.19. The predicted octanol–water partition coefficient (Wildman–Crippen LogP) is 4.10. The van der Waals surface area contributed by atoms with Gasteiger partial charge in [-0.3, -0.25) is 0 Å². The van der Waals surface area contributed by atoms with E-state index < -0.39 is 0 Å². The maximum atomic E-state index is 10.2. The summed E-state index contributed by atoms with van der Waals surface area (Å²) in [4.78, 5) is 0. The second-order valence-electron chi connectivity index (χ2n) is 6.12. The number of benzene rings is 1. The lowest BCUT2D eigenvalue weighted by Gasteiger charge is -2.28. The first-order valence-electron chi connectivity index (χ1n) is 8.38. The molecule has 0 atom stereocenters. The van der Waals surface area contributed by atoms with Crippen molar-refractivity contribution in [3.63, 3.8) is 0 Å². The van der Waals surface area contributed by atoms with Crippen LogP contribution in [0.4, 0.5) is 0 Å². The van der Waals surface area contributed by atoms with Crippen molar-refractivity contribution >= 4 is 0 Å². The van der Waals surface area contributed by atoms with Crippen LogP contribution in [0.15, 0.2) is 18.2 Å². The molecular formula is C18H29NO2. The number of ether oxygens (including phenoxy) is 1. The number of rotatable bonds is 7. The number of phenolic OH excluding ortho intramolecular Hbond substituents is 1. The smallest absolute Gasteiger partial charge is 0.162 e. The third-order valence-electron chi connectivity index (χ3n) is 4.67. The van der Waals surface area contributed by atoms with Crippen LogP contribution in [-0.4, -0.2) is 18.3 Å². The van der Waals surface area contributed by atoms with Crippen molar-refractivity contribution in [2.75, 3.05) is 13.2 Å². The molecule has 0 aromatic heterocycles. The Morgan fingerprint density at radius 3 is 2.52 bits per heavy atom. The Balaban J connectivity index is 1.77. The Hall–Kier alpha value is -1.22. The van der Waals surface area contributed by atoms with Gasteiger partial charge in [-0.15, -0.1) is 0 Å². The van der Waals surface area contributed by atoms with E-state index in [1.807, 2.05) is 25.1 Å². The van der Waals surface area contributed by atoms with Gasteiger partial charge in [-0.2, -0.15) is 0 Å². The number of para-hydroxylation sites is 1. The quantitative estimate of drug-likeness (QED) is 0.795. The molecule has 1 aromatic rings. The van der Waals surface area contributed by atoms with Crippen LogP contribution in [0.3, 0.4) is 0 Å². The van der Waals surface area contributed by atoms with Crippen LogP contribution in [-0.2, 0) is 6.54 Å². The van der Waals surface area contributed by atoms with E-state index in [4.69, 9.17) is 4.74 Å². The highest BCUT2D eigenvalue weighted by atomic mass is 16.5. The highest BCUT2D eigenvalue weighted by molar-refractivity contribution is 5.45. The maximum absolute atomic E-state index is 10.2. The summed E-state index contributed by atoms with van der Waals surface area (Å²) in [5.41, 5.74) is 0.920. The largest absolute Gasteiger partial charge is 0.504 e. The molecule has 2 rings (SSSR count). The first-order chi connectivity index (χ1) is 10.2. The summed E-state index contributed by atoms with van der Waals surface area (Å²) < 4.78 is 5.42. The zero-order chi connectivity index (χ0) is 15.1. The predicted molar refractivity (Wildman–Crippen MR) is 86.7 cm³/mol. The van der Waals surface area contributed by atoms with Crippen molar-refractivity contribution in [2.24, 2.45) is 11.8 Å². The van der Waals surface area contributed by atoms with Crippen LogP contribution in [0.2, 0.25) is 0 Å². The van der Waals surface area contributed by atoms with Crippen molar-refractivity contribution in [1.29, 1.82) is 0 Å². The van der Waals surface area contributed by atoms with E-state index in [9.17, 15) is 5.11 Å². The molecule has 0 bridgehead atoms. The molecule has 0 heterocycles. The first-order valence-corrected chi connectivity index (χ1v) is 8.38. The number of nitrogens with one attached hydrogen (secondary N) is 1. The molecule has 1 aliphatic carbocycles. The third-order valence-corrected chi connectivity index (χ3v) is 4.67. The Morgan fingerprint density at radius 2 is 1.86 bits per heavy atom. The number of hydrogen-bond donors (Lipinski definition) is 2. The van der Waals surface area contributed by atoms with Gasteiger partial charge in [-0.1, -0.05) is 38.3 Å². The fraction of sp³-hybridized carbons (Fsp3) is 0.667. The van der Waals surface area contributed by atoms with Gasteiger partial charge in [0.25, 0.3) is 0 Å². The van der Waals surface area contributed by atoms with Gasteiger partial charge in [0.1, 0.15) is 0 Å². The summed E-state index contributed by atoms with van der Waals surface area (Å²) in [5.74, 6) is 2.61. The standard InChI is InChI=1S/C18H29NO2/c1-3-14-8-10-15(11-9-14)12-19-13-16-6-5-7-17(18(16)20)21-4-2/h5-7,14-15,19-20H,3-4,8-13H2,1-2H3. The lowest BCUT2D eigenvalue weighted by atomic mass is 9.81. The molecular weight excluding hydrogens is 262 g/mol. The minimum absolute atomic E-state index is 0.279. The normalized spacial score (nSPS) is 22.2. The zero-order valence-corrected chi connectivity index (χ0v) is 13.4. The van der Waals surface area contributed by atoms with E-state index in [1.165, 1.54) is 32.1 Å². The average Bonchev–Trinajstić information content (AvgIpc) is 2.52. The summed E-state index contributed by atoms with van der Waals surface area (Å²) in [6.45, 7) is 6.56. The van der Waals surface area contributed by atoms with Crippen LogP contribution >= 0.6 is 0 Å². The number of phenols is 1. The van der Waals surface area contributed by atoms with E-state index in [0.717, 1.165) is 23.9 Å². The van der Waals surface area contributed by atoms with Crippen LogP contribution in [0.1, 0.15) is 51.5 Å². The molecule has 0 spiro atoms. The Bertz CT molecular complexity index is 425. The molecule has 1 saturated carbocycles. The van der Waals surface area contributed by atoms with Crippen LogP contribution in [0.25, 0.3) is 0 Å².